The Bertz CT molecular complexity index is 1070. The van der Waals surface area contributed by atoms with Crippen LogP contribution in [0, 0.1) is 11.3 Å². The molecule has 0 aromatic carbocycles. The topological polar surface area (TPSA) is 105 Å². The molecule has 6 rings (SSSR count). The van der Waals surface area contributed by atoms with E-state index in [2.05, 4.69) is 19.9 Å². The molecule has 0 bridgehead atoms. The van der Waals surface area contributed by atoms with Crippen LogP contribution in [0.1, 0.15) is 56.7 Å². The smallest absolute Gasteiger partial charge is 0.250 e. The van der Waals surface area contributed by atoms with Crippen LogP contribution in [0.15, 0.2) is 30.9 Å². The van der Waals surface area contributed by atoms with Gasteiger partial charge in [0, 0.05) is 56.0 Å². The molecule has 2 aromatic heterocycles. The van der Waals surface area contributed by atoms with Crippen LogP contribution in [0.4, 0.5) is 11.8 Å². The Labute approximate surface area is 198 Å². The summed E-state index contributed by atoms with van der Waals surface area (Å²) in [4.78, 5) is 53.6. The van der Waals surface area contributed by atoms with Crippen molar-refractivity contribution in [2.24, 2.45) is 11.3 Å². The summed E-state index contributed by atoms with van der Waals surface area (Å²) in [6.07, 6.45) is 12.9. The predicted molar refractivity (Wildman–Crippen MR) is 122 cm³/mol. The highest BCUT2D eigenvalue weighted by Gasteiger charge is 2.53. The molecule has 3 saturated heterocycles. The first-order valence-corrected chi connectivity index (χ1v) is 12.3. The van der Waals surface area contributed by atoms with Gasteiger partial charge in [-0.05, 0) is 44.6 Å². The highest BCUT2D eigenvalue weighted by atomic mass is 16.7. The maximum absolute atomic E-state index is 13.2. The van der Waals surface area contributed by atoms with Crippen molar-refractivity contribution < 1.29 is 14.4 Å². The molecule has 0 unspecified atom stereocenters. The molecule has 1 atom stereocenters. The molecule has 4 fully saturated rings. The van der Waals surface area contributed by atoms with E-state index in [1.54, 1.807) is 24.8 Å². The average molecular weight is 464 g/mol. The second kappa shape index (κ2) is 8.57. The fourth-order valence-corrected chi connectivity index (χ4v) is 5.49. The standard InChI is InChI=1S/C24H29N7O3/c32-21(31-19(5-15-34-31)18-16-25-10-11-26-18)17-3-13-29(14-4-17)23-27-9-2-20(28-23)30-12-1-6-24(7-8-24)22(30)33/h2,9-11,16-17,19H,1,3-8,12-15H2/t19-/m0/s1. The molecular weight excluding hydrogens is 434 g/mol. The number of rotatable bonds is 4. The Morgan fingerprint density at radius 2 is 1.88 bits per heavy atom. The Hall–Kier alpha value is -3.14. The number of carbonyl (C=O) groups is 2. The molecular formula is C24H29N7O3. The summed E-state index contributed by atoms with van der Waals surface area (Å²) in [5.74, 6) is 1.43. The highest BCUT2D eigenvalue weighted by molar-refractivity contribution is 5.99. The third kappa shape index (κ3) is 3.79. The first kappa shape index (κ1) is 21.4. The number of anilines is 2. The summed E-state index contributed by atoms with van der Waals surface area (Å²) in [6.45, 7) is 2.59. The van der Waals surface area contributed by atoms with Crippen molar-refractivity contribution in [2.45, 2.75) is 51.0 Å². The molecule has 34 heavy (non-hydrogen) atoms. The second-order valence-corrected chi connectivity index (χ2v) is 9.75. The third-order valence-electron chi connectivity index (χ3n) is 7.67. The molecule has 1 saturated carbocycles. The van der Waals surface area contributed by atoms with Crippen molar-refractivity contribution in [3.8, 4) is 0 Å². The quantitative estimate of drug-likeness (QED) is 0.680. The molecule has 3 aliphatic heterocycles. The summed E-state index contributed by atoms with van der Waals surface area (Å²) in [7, 11) is 0. The summed E-state index contributed by atoms with van der Waals surface area (Å²) in [5.41, 5.74) is 0.638. The number of aromatic nitrogens is 4. The number of hydrogen-bond acceptors (Lipinski definition) is 8. The van der Waals surface area contributed by atoms with Gasteiger partial charge < -0.3 is 4.90 Å². The van der Waals surface area contributed by atoms with Crippen LogP contribution in [0.5, 0.6) is 0 Å². The van der Waals surface area contributed by atoms with E-state index >= 15 is 0 Å². The molecule has 0 radical (unpaired) electrons. The molecule has 1 spiro atoms. The van der Waals surface area contributed by atoms with Crippen LogP contribution in [-0.4, -0.2) is 63.1 Å². The van der Waals surface area contributed by atoms with Gasteiger partial charge in [-0.1, -0.05) is 0 Å². The molecule has 2 amide bonds. The maximum Gasteiger partial charge on any atom is 0.250 e. The maximum atomic E-state index is 13.2. The highest BCUT2D eigenvalue weighted by Crippen LogP contribution is 2.53. The third-order valence-corrected chi connectivity index (χ3v) is 7.67. The Balaban J connectivity index is 1.10. The van der Waals surface area contributed by atoms with E-state index in [9.17, 15) is 9.59 Å². The minimum atomic E-state index is -0.184. The van der Waals surface area contributed by atoms with Crippen LogP contribution in [-0.2, 0) is 14.4 Å². The first-order valence-electron chi connectivity index (χ1n) is 12.3. The summed E-state index contributed by atoms with van der Waals surface area (Å²) in [6, 6.07) is 1.65. The minimum absolute atomic E-state index is 0.0103. The van der Waals surface area contributed by atoms with E-state index in [1.807, 2.05) is 11.0 Å². The van der Waals surface area contributed by atoms with Crippen LogP contribution >= 0.6 is 0 Å². The monoisotopic (exact) mass is 463 g/mol. The van der Waals surface area contributed by atoms with Crippen molar-refractivity contribution >= 4 is 23.6 Å². The van der Waals surface area contributed by atoms with E-state index in [1.165, 1.54) is 5.06 Å². The van der Waals surface area contributed by atoms with Crippen molar-refractivity contribution in [2.75, 3.05) is 36.0 Å². The SMILES string of the molecule is O=C(C1CCN(c2nccc(N3CCCC4(CC4)C3=O)n2)CC1)N1OCC[C@H]1c1cnccn1. The van der Waals surface area contributed by atoms with Crippen LogP contribution in [0.2, 0.25) is 0 Å². The molecule has 4 aliphatic rings. The van der Waals surface area contributed by atoms with Gasteiger partial charge in [0.2, 0.25) is 17.8 Å². The van der Waals surface area contributed by atoms with Gasteiger partial charge in [0.25, 0.3) is 0 Å². The summed E-state index contributed by atoms with van der Waals surface area (Å²) >= 11 is 0. The Morgan fingerprint density at radius 3 is 2.65 bits per heavy atom. The van der Waals surface area contributed by atoms with Gasteiger partial charge in [-0.25, -0.2) is 10.0 Å². The molecule has 10 heteroatoms. The lowest BCUT2D eigenvalue weighted by molar-refractivity contribution is -0.182. The van der Waals surface area contributed by atoms with Crippen molar-refractivity contribution in [1.29, 1.82) is 0 Å². The Kier molecular flexibility index (Phi) is 5.40. The average Bonchev–Trinajstić information content (AvgIpc) is 3.50. The zero-order valence-electron chi connectivity index (χ0n) is 19.2. The first-order chi connectivity index (χ1) is 16.6. The van der Waals surface area contributed by atoms with Crippen LogP contribution < -0.4 is 9.80 Å². The van der Waals surface area contributed by atoms with Crippen molar-refractivity contribution in [3.63, 3.8) is 0 Å². The van der Waals surface area contributed by atoms with E-state index in [-0.39, 0.29) is 29.2 Å². The van der Waals surface area contributed by atoms with Gasteiger partial charge in [-0.2, -0.15) is 4.98 Å². The number of nitrogens with zero attached hydrogens (tertiary/aromatic N) is 7. The van der Waals surface area contributed by atoms with Gasteiger partial charge in [0.05, 0.1) is 18.5 Å². The normalized spacial score (nSPS) is 24.6. The molecule has 0 N–H and O–H groups in total. The molecule has 1 aliphatic carbocycles. The summed E-state index contributed by atoms with van der Waals surface area (Å²) in [5, 5.41) is 1.51. The lowest BCUT2D eigenvalue weighted by atomic mass is 9.94. The fraction of sp³-hybridized carbons (Fsp3) is 0.583. The number of hydrogen-bond donors (Lipinski definition) is 0. The summed E-state index contributed by atoms with van der Waals surface area (Å²) < 4.78 is 0. The number of amides is 2. The fourth-order valence-electron chi connectivity index (χ4n) is 5.49. The molecule has 5 heterocycles. The number of hydroxylamine groups is 2. The zero-order chi connectivity index (χ0) is 23.1. The Morgan fingerprint density at radius 1 is 1.03 bits per heavy atom. The van der Waals surface area contributed by atoms with E-state index in [4.69, 9.17) is 9.82 Å². The van der Waals surface area contributed by atoms with Crippen LogP contribution in [0.3, 0.4) is 0 Å². The number of carbonyl (C=O) groups excluding carboxylic acids is 2. The predicted octanol–water partition coefficient (Wildman–Crippen LogP) is 2.30. The van der Waals surface area contributed by atoms with Crippen molar-refractivity contribution in [1.82, 2.24) is 25.0 Å². The van der Waals surface area contributed by atoms with Gasteiger partial charge in [0.15, 0.2) is 0 Å². The lowest BCUT2D eigenvalue weighted by Crippen LogP contribution is -2.44. The van der Waals surface area contributed by atoms with Gasteiger partial charge in [-0.15, -0.1) is 0 Å². The molecule has 2 aromatic rings. The van der Waals surface area contributed by atoms with Gasteiger partial charge in [-0.3, -0.25) is 29.3 Å². The van der Waals surface area contributed by atoms with E-state index < -0.39 is 0 Å². The van der Waals surface area contributed by atoms with E-state index in [0.29, 0.717) is 44.3 Å². The largest absolute Gasteiger partial charge is 0.341 e. The van der Waals surface area contributed by atoms with Crippen LogP contribution in [0.25, 0.3) is 0 Å². The van der Waals surface area contributed by atoms with Gasteiger partial charge >= 0.3 is 0 Å². The second-order valence-electron chi connectivity index (χ2n) is 9.75. The van der Waals surface area contributed by atoms with Gasteiger partial charge in [0.1, 0.15) is 11.9 Å². The molecule has 178 valence electrons. The number of piperidine rings is 2. The minimum Gasteiger partial charge on any atom is -0.341 e. The van der Waals surface area contributed by atoms with E-state index in [0.717, 1.165) is 44.3 Å². The molecule has 10 nitrogen and oxygen atoms in total. The lowest BCUT2D eigenvalue weighted by Gasteiger charge is -2.35. The zero-order valence-corrected chi connectivity index (χ0v) is 19.2. The van der Waals surface area contributed by atoms with Crippen molar-refractivity contribution in [3.05, 3.63) is 36.5 Å².